The fraction of sp³-hybridized carbons (Fsp3) is 0.263. The van der Waals surface area contributed by atoms with Gasteiger partial charge in [0.05, 0.1) is 23.1 Å². The van der Waals surface area contributed by atoms with E-state index in [9.17, 15) is 18.0 Å². The Hall–Kier alpha value is -3.03. The Morgan fingerprint density at radius 2 is 2.00 bits per heavy atom. The number of hydrogen-bond acceptors (Lipinski definition) is 3. The standard InChI is InChI=1S/C19H18F3N3O2/c1-25-16-7-6-13(19(20,21)22)10-15(16)24-17(25)11-23-14-4-2-3-12(9-14)5-8-18(26)27/h2-4,6-7,9-10,23H,5,8,11H2,1H3,(H,26,27). The van der Waals surface area contributed by atoms with Crippen LogP contribution in [0.25, 0.3) is 11.0 Å². The molecule has 5 nitrogen and oxygen atoms in total. The van der Waals surface area contributed by atoms with Crippen LogP contribution in [0.4, 0.5) is 18.9 Å². The van der Waals surface area contributed by atoms with E-state index in [1.165, 1.54) is 6.07 Å². The molecule has 0 saturated heterocycles. The molecule has 1 heterocycles. The Morgan fingerprint density at radius 3 is 2.70 bits per heavy atom. The summed E-state index contributed by atoms with van der Waals surface area (Å²) in [6, 6.07) is 10.9. The number of rotatable bonds is 6. The van der Waals surface area contributed by atoms with Gasteiger partial charge in [-0.05, 0) is 42.3 Å². The van der Waals surface area contributed by atoms with Crippen molar-refractivity contribution in [3.63, 3.8) is 0 Å². The van der Waals surface area contributed by atoms with E-state index >= 15 is 0 Å². The smallest absolute Gasteiger partial charge is 0.416 e. The van der Waals surface area contributed by atoms with Crippen LogP contribution in [0.5, 0.6) is 0 Å². The second-order valence-corrected chi connectivity index (χ2v) is 6.24. The van der Waals surface area contributed by atoms with Crippen LogP contribution in [0.3, 0.4) is 0 Å². The van der Waals surface area contributed by atoms with Gasteiger partial charge in [0.1, 0.15) is 5.82 Å². The first-order chi connectivity index (χ1) is 12.7. The van der Waals surface area contributed by atoms with Crippen molar-refractivity contribution in [1.29, 1.82) is 0 Å². The van der Waals surface area contributed by atoms with Crippen molar-refractivity contribution < 1.29 is 23.1 Å². The highest BCUT2D eigenvalue weighted by molar-refractivity contribution is 5.77. The number of nitrogens with one attached hydrogen (secondary N) is 1. The topological polar surface area (TPSA) is 67.2 Å². The van der Waals surface area contributed by atoms with E-state index in [0.717, 1.165) is 23.4 Å². The van der Waals surface area contributed by atoms with Crippen LogP contribution in [0, 0.1) is 0 Å². The summed E-state index contributed by atoms with van der Waals surface area (Å²) < 4.78 is 40.3. The molecule has 0 atom stereocenters. The summed E-state index contributed by atoms with van der Waals surface area (Å²) >= 11 is 0. The molecule has 0 aliphatic rings. The highest BCUT2D eigenvalue weighted by Gasteiger charge is 2.31. The predicted molar refractivity (Wildman–Crippen MR) is 95.4 cm³/mol. The van der Waals surface area contributed by atoms with Gasteiger partial charge >= 0.3 is 12.1 Å². The lowest BCUT2D eigenvalue weighted by molar-refractivity contribution is -0.138. The van der Waals surface area contributed by atoms with E-state index in [4.69, 9.17) is 5.11 Å². The van der Waals surface area contributed by atoms with Gasteiger partial charge in [-0.25, -0.2) is 4.98 Å². The lowest BCUT2D eigenvalue weighted by Gasteiger charge is -2.08. The van der Waals surface area contributed by atoms with Gasteiger partial charge in [0.2, 0.25) is 0 Å². The average Bonchev–Trinajstić information content (AvgIpc) is 2.93. The Kier molecular flexibility index (Phi) is 5.07. The summed E-state index contributed by atoms with van der Waals surface area (Å²) in [5.41, 5.74) is 1.87. The minimum Gasteiger partial charge on any atom is -0.481 e. The molecule has 0 aliphatic heterocycles. The number of aryl methyl sites for hydroxylation is 2. The van der Waals surface area contributed by atoms with Crippen molar-refractivity contribution in [2.75, 3.05) is 5.32 Å². The van der Waals surface area contributed by atoms with Crippen LogP contribution >= 0.6 is 0 Å². The molecule has 3 aromatic rings. The maximum absolute atomic E-state index is 12.9. The second-order valence-electron chi connectivity index (χ2n) is 6.24. The van der Waals surface area contributed by atoms with Gasteiger partial charge in [-0.3, -0.25) is 4.79 Å². The monoisotopic (exact) mass is 377 g/mol. The zero-order valence-electron chi connectivity index (χ0n) is 14.5. The lowest BCUT2D eigenvalue weighted by atomic mass is 10.1. The number of carbonyl (C=O) groups is 1. The maximum Gasteiger partial charge on any atom is 0.416 e. The third kappa shape index (κ3) is 4.39. The van der Waals surface area contributed by atoms with Gasteiger partial charge in [-0.15, -0.1) is 0 Å². The van der Waals surface area contributed by atoms with Crippen molar-refractivity contribution in [2.45, 2.75) is 25.6 Å². The number of aromatic nitrogens is 2. The Morgan fingerprint density at radius 1 is 1.22 bits per heavy atom. The minimum atomic E-state index is -4.40. The molecule has 2 N–H and O–H groups in total. The molecule has 0 amide bonds. The van der Waals surface area contributed by atoms with Crippen molar-refractivity contribution in [2.24, 2.45) is 7.05 Å². The van der Waals surface area contributed by atoms with Crippen molar-refractivity contribution in [3.8, 4) is 0 Å². The number of hydrogen-bond donors (Lipinski definition) is 2. The number of benzene rings is 2. The molecule has 0 radical (unpaired) electrons. The summed E-state index contributed by atoms with van der Waals surface area (Å²) in [7, 11) is 1.75. The number of halogens is 3. The first kappa shape index (κ1) is 18.8. The quantitative estimate of drug-likeness (QED) is 0.675. The molecule has 27 heavy (non-hydrogen) atoms. The number of carboxylic acids is 1. The lowest BCUT2D eigenvalue weighted by Crippen LogP contribution is -2.06. The highest BCUT2D eigenvalue weighted by atomic mass is 19.4. The van der Waals surface area contributed by atoms with Gasteiger partial charge in [-0.2, -0.15) is 13.2 Å². The number of anilines is 1. The number of carboxylic acid groups (broad SMARTS) is 1. The molecule has 0 spiro atoms. The Balaban J connectivity index is 1.76. The zero-order valence-corrected chi connectivity index (χ0v) is 14.5. The first-order valence-corrected chi connectivity index (χ1v) is 8.31. The third-order valence-corrected chi connectivity index (χ3v) is 4.31. The molecule has 2 aromatic carbocycles. The Bertz CT molecular complexity index is 980. The summed E-state index contributed by atoms with van der Waals surface area (Å²) in [6.07, 6.45) is -3.92. The van der Waals surface area contributed by atoms with Crippen LogP contribution in [0.1, 0.15) is 23.4 Å². The summed E-state index contributed by atoms with van der Waals surface area (Å²) in [4.78, 5) is 15.0. The first-order valence-electron chi connectivity index (χ1n) is 8.31. The van der Waals surface area contributed by atoms with E-state index in [-0.39, 0.29) is 6.42 Å². The van der Waals surface area contributed by atoms with Gasteiger partial charge in [0.25, 0.3) is 0 Å². The summed E-state index contributed by atoms with van der Waals surface area (Å²) in [5, 5.41) is 12.0. The number of nitrogens with zero attached hydrogens (tertiary/aromatic N) is 2. The molecule has 1 aromatic heterocycles. The van der Waals surface area contributed by atoms with Gasteiger partial charge in [-0.1, -0.05) is 12.1 Å². The predicted octanol–water partition coefficient (Wildman–Crippen LogP) is 4.22. The van der Waals surface area contributed by atoms with Crippen LogP contribution in [0.2, 0.25) is 0 Å². The molecular weight excluding hydrogens is 359 g/mol. The molecule has 0 unspecified atom stereocenters. The normalized spacial score (nSPS) is 11.7. The van der Waals surface area contributed by atoms with Crippen LogP contribution in [-0.4, -0.2) is 20.6 Å². The van der Waals surface area contributed by atoms with Crippen molar-refractivity contribution in [3.05, 3.63) is 59.4 Å². The van der Waals surface area contributed by atoms with Crippen molar-refractivity contribution in [1.82, 2.24) is 9.55 Å². The van der Waals surface area contributed by atoms with Gasteiger partial charge in [0.15, 0.2) is 0 Å². The van der Waals surface area contributed by atoms with Gasteiger partial charge < -0.3 is 15.0 Å². The average molecular weight is 377 g/mol. The number of fused-ring (bicyclic) bond motifs is 1. The number of aliphatic carboxylic acids is 1. The molecule has 3 rings (SSSR count). The SMILES string of the molecule is Cn1c(CNc2cccc(CCC(=O)O)c2)nc2cc(C(F)(F)F)ccc21. The number of imidazole rings is 1. The third-order valence-electron chi connectivity index (χ3n) is 4.31. The molecule has 0 bridgehead atoms. The van der Waals surface area contributed by atoms with Crippen LogP contribution < -0.4 is 5.32 Å². The summed E-state index contributed by atoms with van der Waals surface area (Å²) in [6.45, 7) is 0.328. The molecular formula is C19H18F3N3O2. The van der Waals surface area contributed by atoms with Crippen LogP contribution in [-0.2, 0) is 31.0 Å². The van der Waals surface area contributed by atoms with Gasteiger partial charge in [0, 0.05) is 19.2 Å². The highest BCUT2D eigenvalue weighted by Crippen LogP contribution is 2.31. The zero-order chi connectivity index (χ0) is 19.6. The molecule has 0 saturated carbocycles. The number of alkyl halides is 3. The van der Waals surface area contributed by atoms with E-state index in [1.54, 1.807) is 11.6 Å². The fourth-order valence-corrected chi connectivity index (χ4v) is 2.85. The molecule has 0 aliphatic carbocycles. The largest absolute Gasteiger partial charge is 0.481 e. The van der Waals surface area contributed by atoms with Crippen molar-refractivity contribution >= 4 is 22.7 Å². The molecule has 142 valence electrons. The molecule has 8 heteroatoms. The van der Waals surface area contributed by atoms with E-state index in [1.807, 2.05) is 24.3 Å². The van der Waals surface area contributed by atoms with Crippen LogP contribution in [0.15, 0.2) is 42.5 Å². The van der Waals surface area contributed by atoms with E-state index < -0.39 is 17.7 Å². The summed E-state index contributed by atoms with van der Waals surface area (Å²) in [5.74, 6) is -0.258. The van der Waals surface area contributed by atoms with E-state index in [2.05, 4.69) is 10.3 Å². The minimum absolute atomic E-state index is 0.0513. The van der Waals surface area contributed by atoms with E-state index in [0.29, 0.717) is 29.8 Å². The maximum atomic E-state index is 12.9. The fourth-order valence-electron chi connectivity index (χ4n) is 2.85. The molecule has 0 fully saturated rings. The second kappa shape index (κ2) is 7.30. The Labute approximate surface area is 153 Å².